The highest BCUT2D eigenvalue weighted by Crippen LogP contribution is 2.63. The van der Waals surface area contributed by atoms with Gasteiger partial charge in [-0.2, -0.15) is 0 Å². The van der Waals surface area contributed by atoms with E-state index in [2.05, 4.69) is 26.8 Å². The highest BCUT2D eigenvalue weighted by molar-refractivity contribution is 5.81. The number of aliphatic hydroxyl groups excluding tert-OH is 5. The normalized spacial score (nSPS) is 47.4. The first-order valence-electron chi connectivity index (χ1n) is 12.7. The molecule has 4 aliphatic rings. The van der Waals surface area contributed by atoms with E-state index in [9.17, 15) is 30.3 Å². The Morgan fingerprint density at radius 3 is 2.47 bits per heavy atom. The second-order valence-corrected chi connectivity index (χ2v) is 12.3. The molecule has 0 aromatic heterocycles. The van der Waals surface area contributed by atoms with E-state index < -0.39 is 48.8 Å². The van der Waals surface area contributed by atoms with Crippen molar-refractivity contribution < 1.29 is 39.8 Å². The SMILES string of the molecule is CC1(C)CC(=O)C[C@@]2(C)[C@@H]3CC[C@](C)([C@H](O)CO[C@@H]4O[C@H](CO)[C@@H](O)[C@H](O)[C@H]4O)C=C3CC[C@H]12. The molecule has 0 amide bonds. The van der Waals surface area contributed by atoms with Gasteiger partial charge in [0.05, 0.1) is 19.3 Å². The predicted octanol–water partition coefficient (Wildman–Crippen LogP) is 1.31. The van der Waals surface area contributed by atoms with Crippen molar-refractivity contribution in [2.45, 2.75) is 103 Å². The zero-order chi connectivity index (χ0) is 25.1. The van der Waals surface area contributed by atoms with Crippen molar-refractivity contribution in [1.29, 1.82) is 0 Å². The highest BCUT2D eigenvalue weighted by Gasteiger charge is 2.57. The van der Waals surface area contributed by atoms with Crippen LogP contribution in [-0.2, 0) is 14.3 Å². The van der Waals surface area contributed by atoms with Crippen LogP contribution in [0.2, 0.25) is 0 Å². The molecule has 2 saturated carbocycles. The number of rotatable bonds is 5. The van der Waals surface area contributed by atoms with Crippen molar-refractivity contribution in [1.82, 2.24) is 0 Å². The monoisotopic (exact) mass is 482 g/mol. The van der Waals surface area contributed by atoms with Crippen LogP contribution in [0.1, 0.15) is 66.2 Å². The van der Waals surface area contributed by atoms with Crippen LogP contribution in [0.3, 0.4) is 0 Å². The summed E-state index contributed by atoms with van der Waals surface area (Å²) in [6.45, 7) is 8.09. The second kappa shape index (κ2) is 9.21. The van der Waals surface area contributed by atoms with E-state index in [1.165, 1.54) is 5.57 Å². The number of aliphatic hydroxyl groups is 5. The molecule has 34 heavy (non-hydrogen) atoms. The quantitative estimate of drug-likeness (QED) is 0.370. The molecule has 1 saturated heterocycles. The number of Topliss-reactive ketones (excluding diaryl/α,β-unsaturated/α-hetero) is 1. The van der Waals surface area contributed by atoms with Crippen LogP contribution in [-0.4, -0.2) is 81.3 Å². The van der Waals surface area contributed by atoms with Gasteiger partial charge < -0.3 is 35.0 Å². The summed E-state index contributed by atoms with van der Waals surface area (Å²) in [5.41, 5.74) is 0.749. The molecule has 8 nitrogen and oxygen atoms in total. The summed E-state index contributed by atoms with van der Waals surface area (Å²) in [6.07, 6.45) is -0.496. The Kier molecular flexibility index (Phi) is 7.10. The minimum Gasteiger partial charge on any atom is -0.394 e. The van der Waals surface area contributed by atoms with Crippen molar-refractivity contribution in [3.05, 3.63) is 11.6 Å². The number of ether oxygens (including phenoxy) is 2. The molecular weight excluding hydrogens is 440 g/mol. The van der Waals surface area contributed by atoms with Crippen molar-refractivity contribution in [2.24, 2.45) is 28.1 Å². The molecule has 0 unspecified atom stereocenters. The van der Waals surface area contributed by atoms with Crippen LogP contribution in [0, 0.1) is 28.1 Å². The predicted molar refractivity (Wildman–Crippen MR) is 123 cm³/mol. The molecule has 3 fully saturated rings. The number of hydrogen-bond donors (Lipinski definition) is 5. The summed E-state index contributed by atoms with van der Waals surface area (Å²) in [4.78, 5) is 12.6. The van der Waals surface area contributed by atoms with Gasteiger partial charge in [0.25, 0.3) is 0 Å². The summed E-state index contributed by atoms with van der Waals surface area (Å²) in [7, 11) is 0. The van der Waals surface area contributed by atoms with Gasteiger partial charge in [0.1, 0.15) is 30.2 Å². The van der Waals surface area contributed by atoms with Crippen LogP contribution in [0.4, 0.5) is 0 Å². The first-order valence-corrected chi connectivity index (χ1v) is 12.7. The Morgan fingerprint density at radius 1 is 1.09 bits per heavy atom. The van der Waals surface area contributed by atoms with Gasteiger partial charge in [0, 0.05) is 18.3 Å². The minimum absolute atomic E-state index is 0.00905. The van der Waals surface area contributed by atoms with E-state index in [-0.39, 0.29) is 17.4 Å². The molecule has 8 heteroatoms. The Balaban J connectivity index is 1.46. The van der Waals surface area contributed by atoms with E-state index in [0.717, 1.165) is 25.7 Å². The Bertz CT molecular complexity index is 809. The van der Waals surface area contributed by atoms with E-state index in [1.54, 1.807) is 0 Å². The molecule has 0 aromatic carbocycles. The average molecular weight is 483 g/mol. The largest absolute Gasteiger partial charge is 0.394 e. The second-order valence-electron chi connectivity index (χ2n) is 12.3. The fourth-order valence-electron chi connectivity index (χ4n) is 7.61. The van der Waals surface area contributed by atoms with E-state index in [4.69, 9.17) is 9.47 Å². The summed E-state index contributed by atoms with van der Waals surface area (Å²) in [5, 5.41) is 50.5. The number of allylic oxidation sites excluding steroid dienone is 1. The summed E-state index contributed by atoms with van der Waals surface area (Å²) < 4.78 is 11.0. The van der Waals surface area contributed by atoms with Crippen molar-refractivity contribution in [3.8, 4) is 0 Å². The van der Waals surface area contributed by atoms with Crippen LogP contribution < -0.4 is 0 Å². The van der Waals surface area contributed by atoms with E-state index in [1.807, 2.05) is 6.92 Å². The van der Waals surface area contributed by atoms with Crippen molar-refractivity contribution in [2.75, 3.05) is 13.2 Å². The van der Waals surface area contributed by atoms with Crippen LogP contribution in [0.5, 0.6) is 0 Å². The Hall–Kier alpha value is -0.870. The topological polar surface area (TPSA) is 137 Å². The Labute approximate surface area is 202 Å². The standard InChI is InChI=1S/C26H42O8/c1-24(2)10-15(28)11-26(4)16-7-8-25(3,9-14(16)5-6-18(24)26)19(29)13-33-23-22(32)21(31)20(30)17(12-27)34-23/h9,16-23,27,29-32H,5-8,10-13H2,1-4H3/t16-,17-,18-,19-,20-,21+,22-,23-,25+,26+/m1/s1. The van der Waals surface area contributed by atoms with Crippen LogP contribution in [0.25, 0.3) is 0 Å². The first-order chi connectivity index (χ1) is 15.8. The maximum absolute atomic E-state index is 12.6. The number of carbonyl (C=O) groups is 1. The minimum atomic E-state index is -1.51. The smallest absolute Gasteiger partial charge is 0.186 e. The molecule has 5 N–H and O–H groups in total. The number of carbonyl (C=O) groups excluding carboxylic acids is 1. The molecular formula is C26H42O8. The van der Waals surface area contributed by atoms with Gasteiger partial charge >= 0.3 is 0 Å². The highest BCUT2D eigenvalue weighted by atomic mass is 16.7. The van der Waals surface area contributed by atoms with Crippen molar-refractivity contribution >= 4 is 5.78 Å². The summed E-state index contributed by atoms with van der Waals surface area (Å²) >= 11 is 0. The molecule has 0 spiro atoms. The van der Waals surface area contributed by atoms with Gasteiger partial charge in [-0.1, -0.05) is 39.3 Å². The van der Waals surface area contributed by atoms with E-state index in [0.29, 0.717) is 30.5 Å². The summed E-state index contributed by atoms with van der Waals surface area (Å²) in [6, 6.07) is 0. The lowest BCUT2D eigenvalue weighted by molar-refractivity contribution is -0.306. The summed E-state index contributed by atoms with van der Waals surface area (Å²) in [5.74, 6) is 1.19. The van der Waals surface area contributed by atoms with Gasteiger partial charge in [0.15, 0.2) is 6.29 Å². The van der Waals surface area contributed by atoms with Crippen molar-refractivity contribution in [3.63, 3.8) is 0 Å². The number of hydrogen-bond acceptors (Lipinski definition) is 8. The van der Waals surface area contributed by atoms with E-state index >= 15 is 0 Å². The maximum Gasteiger partial charge on any atom is 0.186 e. The maximum atomic E-state index is 12.6. The van der Waals surface area contributed by atoms with Crippen LogP contribution in [0.15, 0.2) is 11.6 Å². The lowest BCUT2D eigenvalue weighted by Gasteiger charge is -2.59. The molecule has 1 aliphatic heterocycles. The van der Waals surface area contributed by atoms with Crippen LogP contribution >= 0.6 is 0 Å². The molecule has 4 rings (SSSR count). The Morgan fingerprint density at radius 2 is 1.79 bits per heavy atom. The van der Waals surface area contributed by atoms with Gasteiger partial charge in [0.2, 0.25) is 0 Å². The number of fused-ring (bicyclic) bond motifs is 3. The third kappa shape index (κ3) is 4.40. The number of ketones is 1. The molecule has 0 aromatic rings. The van der Waals surface area contributed by atoms with Gasteiger partial charge in [-0.05, 0) is 48.3 Å². The first kappa shape index (κ1) is 26.2. The average Bonchev–Trinajstić information content (AvgIpc) is 2.75. The zero-order valence-corrected chi connectivity index (χ0v) is 20.8. The molecule has 1 heterocycles. The zero-order valence-electron chi connectivity index (χ0n) is 20.8. The molecule has 0 bridgehead atoms. The molecule has 3 aliphatic carbocycles. The van der Waals surface area contributed by atoms with Gasteiger partial charge in [-0.25, -0.2) is 0 Å². The lowest BCUT2D eigenvalue weighted by Crippen LogP contribution is -2.59. The fraction of sp³-hybridized carbons (Fsp3) is 0.885. The van der Waals surface area contributed by atoms with Gasteiger partial charge in [-0.3, -0.25) is 4.79 Å². The molecule has 194 valence electrons. The molecule has 0 radical (unpaired) electrons. The third-order valence-corrected chi connectivity index (χ3v) is 9.45. The fourth-order valence-corrected chi connectivity index (χ4v) is 7.61. The molecule has 10 atom stereocenters. The lowest BCUT2D eigenvalue weighted by atomic mass is 9.45. The van der Waals surface area contributed by atoms with Gasteiger partial charge in [-0.15, -0.1) is 0 Å². The third-order valence-electron chi connectivity index (χ3n) is 9.45.